The molecule has 0 N–H and O–H groups in total. The molecule has 6 rings (SSSR count). The van der Waals surface area contributed by atoms with Gasteiger partial charge in [-0.25, -0.2) is 0 Å². The number of hydrogen-bond donors (Lipinski definition) is 0. The van der Waals surface area contributed by atoms with E-state index < -0.39 is 6.03 Å². The van der Waals surface area contributed by atoms with Crippen molar-refractivity contribution in [1.82, 2.24) is 0 Å². The first kappa shape index (κ1) is 32.8. The van der Waals surface area contributed by atoms with Gasteiger partial charge in [-0.15, -0.1) is 0 Å². The van der Waals surface area contributed by atoms with Crippen LogP contribution in [0.1, 0.15) is 166 Å². The Bertz CT molecular complexity index is 1450. The first-order valence-corrected chi connectivity index (χ1v) is 17.4. The molecule has 1 aliphatic carbocycles. The van der Waals surface area contributed by atoms with E-state index in [9.17, 15) is 0 Å². The molecule has 1 saturated carbocycles. The zero-order chi connectivity index (χ0) is 30.7. The number of unbranched alkanes of at least 4 members (excludes halogenated alkanes) is 2. The third-order valence-corrected chi connectivity index (χ3v) is 10.5. The molecular weight excluding hydrogens is 540 g/mol. The largest absolute Gasteiger partial charge is 0.704 e. The molecule has 4 nitrogen and oxygen atoms in total. The number of ether oxygens (including phenoxy) is 2. The second-order valence-electron chi connectivity index (χ2n) is 15.9. The van der Waals surface area contributed by atoms with Crippen molar-refractivity contribution in [3.63, 3.8) is 0 Å². The molecule has 2 aromatic carbocycles. The van der Waals surface area contributed by atoms with Crippen molar-refractivity contribution in [3.8, 4) is 11.5 Å². The summed E-state index contributed by atoms with van der Waals surface area (Å²) in [5, 5.41) is 0. The predicted octanol–water partition coefficient (Wildman–Crippen LogP) is 9.97. The third-order valence-electron chi connectivity index (χ3n) is 10.5. The maximum Gasteiger partial charge on any atom is 0.704 e. The van der Waals surface area contributed by atoms with E-state index in [1.54, 1.807) is 0 Å². The lowest BCUT2D eigenvalue weighted by atomic mass is 9.79. The van der Waals surface area contributed by atoms with Gasteiger partial charge in [0, 0.05) is 18.4 Å². The average molecular weight is 601 g/mol. The first-order chi connectivity index (χ1) is 20.4. The molecular formula is C40H60N2O2+2. The Balaban J connectivity index is 0.00000384. The molecule has 0 bridgehead atoms. The van der Waals surface area contributed by atoms with E-state index in [2.05, 4.69) is 108 Å². The fourth-order valence-electron chi connectivity index (χ4n) is 7.98. The van der Waals surface area contributed by atoms with E-state index in [1.807, 2.05) is 0 Å². The quantitative estimate of drug-likeness (QED) is 0.295. The fraction of sp³-hybridized carbons (Fsp3) is 0.650. The Kier molecular flexibility index (Phi) is 8.90. The highest BCUT2D eigenvalue weighted by Crippen LogP contribution is 2.48. The van der Waals surface area contributed by atoms with Crippen molar-refractivity contribution >= 4 is 12.4 Å². The van der Waals surface area contributed by atoms with Crippen molar-refractivity contribution in [1.29, 1.82) is 0 Å². The summed E-state index contributed by atoms with van der Waals surface area (Å²) in [4.78, 5) is 0. The standard InChI is InChI=1S/C39H56N2O2.CH4/c1-10-12-16-27(17-13-11-2)28-20-26(3)35-29(21-28)24-40-33-18-14-15-19-34(33)41-25-30-22-31(37(4,5)6)23-32(38(7,8)9)36(30)43-39(40,41)42-35;/h20-25,27,33-34H,10-19H2,1-9H3;1H4/q+2;. The number of hydrogen-bond acceptors (Lipinski definition) is 2. The Morgan fingerprint density at radius 2 is 1.32 bits per heavy atom. The van der Waals surface area contributed by atoms with Gasteiger partial charge in [0.1, 0.15) is 0 Å². The van der Waals surface area contributed by atoms with Gasteiger partial charge in [0.25, 0.3) is 0 Å². The summed E-state index contributed by atoms with van der Waals surface area (Å²) in [7, 11) is 0. The monoisotopic (exact) mass is 600 g/mol. The molecule has 1 saturated heterocycles. The lowest BCUT2D eigenvalue weighted by molar-refractivity contribution is -0.866. The van der Waals surface area contributed by atoms with Crippen molar-refractivity contribution in [2.75, 3.05) is 0 Å². The molecule has 3 aliphatic heterocycles. The lowest BCUT2D eigenvalue weighted by Gasteiger charge is -2.33. The zero-order valence-electron chi connectivity index (χ0n) is 28.5. The summed E-state index contributed by atoms with van der Waals surface area (Å²) < 4.78 is 19.5. The van der Waals surface area contributed by atoms with Crippen LogP contribution in [0.5, 0.6) is 11.5 Å². The van der Waals surface area contributed by atoms with Gasteiger partial charge in [-0.3, -0.25) is 0 Å². The average Bonchev–Trinajstić information content (AvgIpc) is 3.22. The highest BCUT2D eigenvalue weighted by Gasteiger charge is 2.76. The second kappa shape index (κ2) is 12.0. The lowest BCUT2D eigenvalue weighted by Crippen LogP contribution is -2.60. The number of benzene rings is 2. The number of fused-ring (bicyclic) bond motifs is 5. The molecule has 4 heteroatoms. The molecule has 3 heterocycles. The van der Waals surface area contributed by atoms with E-state index in [0.717, 1.165) is 17.9 Å². The van der Waals surface area contributed by atoms with Crippen LogP contribution in [0.2, 0.25) is 0 Å². The molecule has 3 atom stereocenters. The Morgan fingerprint density at radius 3 is 1.84 bits per heavy atom. The fourth-order valence-corrected chi connectivity index (χ4v) is 7.98. The van der Waals surface area contributed by atoms with E-state index in [0.29, 0.717) is 18.0 Å². The molecule has 0 amide bonds. The minimum atomic E-state index is -0.987. The van der Waals surface area contributed by atoms with Crippen molar-refractivity contribution in [2.24, 2.45) is 0 Å². The Morgan fingerprint density at radius 1 is 0.773 bits per heavy atom. The SMILES string of the molecule is C.CCCCC(CCCC)c1cc(C)c2c(c1)C=[N+]1C3CCCCC3[N+]3=Cc4cc(C(C)(C)C)cc(C(C)(C)C)c4OC13O2. The summed E-state index contributed by atoms with van der Waals surface area (Å²) in [6.45, 7) is 20.7. The molecule has 1 spiro atoms. The van der Waals surface area contributed by atoms with Gasteiger partial charge >= 0.3 is 6.03 Å². The Hall–Kier alpha value is -2.62. The predicted molar refractivity (Wildman–Crippen MR) is 184 cm³/mol. The van der Waals surface area contributed by atoms with Crippen LogP contribution in [0.25, 0.3) is 0 Å². The minimum absolute atomic E-state index is 0. The van der Waals surface area contributed by atoms with Gasteiger partial charge < -0.3 is 9.47 Å². The highest BCUT2D eigenvalue weighted by molar-refractivity contribution is 5.85. The van der Waals surface area contributed by atoms with Gasteiger partial charge in [-0.2, -0.15) is 0 Å². The van der Waals surface area contributed by atoms with Crippen LogP contribution in [0.4, 0.5) is 0 Å². The summed E-state index contributed by atoms with van der Waals surface area (Å²) in [5.74, 6) is 2.57. The maximum atomic E-state index is 7.33. The van der Waals surface area contributed by atoms with Crippen LogP contribution in [-0.4, -0.2) is 39.7 Å². The number of nitrogens with zero attached hydrogens (tertiary/aromatic N) is 2. The van der Waals surface area contributed by atoms with Gasteiger partial charge in [0.2, 0.25) is 12.1 Å². The van der Waals surface area contributed by atoms with Crippen LogP contribution in [0.15, 0.2) is 24.3 Å². The summed E-state index contributed by atoms with van der Waals surface area (Å²) in [6, 6.07) is 9.36. The Labute approximate surface area is 268 Å². The molecule has 2 fully saturated rings. The zero-order valence-corrected chi connectivity index (χ0v) is 28.5. The van der Waals surface area contributed by atoms with Crippen LogP contribution in [0.3, 0.4) is 0 Å². The van der Waals surface area contributed by atoms with Gasteiger partial charge in [-0.05, 0) is 78.2 Å². The van der Waals surface area contributed by atoms with Crippen molar-refractivity contribution in [2.45, 2.75) is 169 Å². The van der Waals surface area contributed by atoms with Crippen LogP contribution >= 0.6 is 0 Å². The number of aryl methyl sites for hydroxylation is 1. The van der Waals surface area contributed by atoms with E-state index in [-0.39, 0.29) is 18.3 Å². The summed E-state index contributed by atoms with van der Waals surface area (Å²) in [5.41, 5.74) is 7.71. The summed E-state index contributed by atoms with van der Waals surface area (Å²) in [6.07, 6.45) is 17.2. The third kappa shape index (κ3) is 5.53. The van der Waals surface area contributed by atoms with Crippen LogP contribution < -0.4 is 9.47 Å². The van der Waals surface area contributed by atoms with Crippen LogP contribution in [-0.2, 0) is 10.8 Å². The summed E-state index contributed by atoms with van der Waals surface area (Å²) >= 11 is 0. The molecule has 3 unspecified atom stereocenters. The van der Waals surface area contributed by atoms with Crippen molar-refractivity contribution < 1.29 is 18.6 Å². The molecule has 0 aromatic heterocycles. The minimum Gasteiger partial charge on any atom is -0.340 e. The second-order valence-corrected chi connectivity index (χ2v) is 15.9. The first-order valence-electron chi connectivity index (χ1n) is 17.4. The smallest absolute Gasteiger partial charge is 0.340 e. The van der Waals surface area contributed by atoms with Crippen LogP contribution in [0, 0.1) is 6.92 Å². The number of rotatable bonds is 7. The topological polar surface area (TPSA) is 24.5 Å². The highest BCUT2D eigenvalue weighted by atomic mass is 16.7. The van der Waals surface area contributed by atoms with E-state index >= 15 is 0 Å². The molecule has 44 heavy (non-hydrogen) atoms. The molecule has 4 aliphatic rings. The molecule has 2 aromatic rings. The normalized spacial score (nSPS) is 23.6. The van der Waals surface area contributed by atoms with Gasteiger partial charge in [0.15, 0.2) is 23.9 Å². The van der Waals surface area contributed by atoms with E-state index in [1.165, 1.54) is 91.2 Å². The molecule has 0 radical (unpaired) electrons. The van der Waals surface area contributed by atoms with Gasteiger partial charge in [0.05, 0.1) is 11.1 Å². The van der Waals surface area contributed by atoms with Gasteiger partial charge in [-0.1, -0.05) is 110 Å². The molecule has 240 valence electrons. The maximum absolute atomic E-state index is 7.33. The van der Waals surface area contributed by atoms with E-state index in [4.69, 9.17) is 9.47 Å². The van der Waals surface area contributed by atoms with Crippen molar-refractivity contribution in [3.05, 3.63) is 57.6 Å².